The van der Waals surface area contributed by atoms with Gasteiger partial charge in [0.1, 0.15) is 0 Å². The number of halogens is 1. The second-order valence-electron chi connectivity index (χ2n) is 4.35. The van der Waals surface area contributed by atoms with Crippen LogP contribution in [0.2, 0.25) is 5.02 Å². The number of carbonyl (C=O) groups excluding carboxylic acids is 1. The van der Waals surface area contributed by atoms with E-state index in [-0.39, 0.29) is 5.91 Å². The number of hydrogen-bond donors (Lipinski definition) is 1. The van der Waals surface area contributed by atoms with Gasteiger partial charge in [0.05, 0.1) is 5.41 Å². The van der Waals surface area contributed by atoms with Crippen LogP contribution in [0.3, 0.4) is 0 Å². The van der Waals surface area contributed by atoms with Crippen LogP contribution in [0.15, 0.2) is 24.3 Å². The second-order valence-corrected chi connectivity index (χ2v) is 4.78. The summed E-state index contributed by atoms with van der Waals surface area (Å²) in [5.41, 5.74) is 5.96. The Morgan fingerprint density at radius 2 is 1.93 bits per heavy atom. The normalized spacial score (nSPS) is 19.6. The number of amides is 1. The smallest absolute Gasteiger partial charge is 0.228 e. The molecular weight excluding hydrogens is 210 g/mol. The van der Waals surface area contributed by atoms with Crippen LogP contribution in [0.1, 0.15) is 25.3 Å². The van der Waals surface area contributed by atoms with Gasteiger partial charge >= 0.3 is 0 Å². The average molecular weight is 224 g/mol. The van der Waals surface area contributed by atoms with Crippen LogP contribution in [0, 0.1) is 5.92 Å². The first kappa shape index (κ1) is 10.5. The van der Waals surface area contributed by atoms with Crippen molar-refractivity contribution in [2.45, 2.75) is 25.2 Å². The van der Waals surface area contributed by atoms with Crippen molar-refractivity contribution >= 4 is 17.5 Å². The molecule has 1 fully saturated rings. The van der Waals surface area contributed by atoms with E-state index in [1.54, 1.807) is 12.1 Å². The lowest BCUT2D eigenvalue weighted by molar-refractivity contribution is -0.123. The minimum Gasteiger partial charge on any atom is -0.369 e. The molecule has 2 rings (SSSR count). The lowest BCUT2D eigenvalue weighted by Crippen LogP contribution is -2.40. The van der Waals surface area contributed by atoms with Gasteiger partial charge in [-0.25, -0.2) is 0 Å². The molecule has 0 saturated heterocycles. The summed E-state index contributed by atoms with van der Waals surface area (Å²) in [7, 11) is 0. The Labute approximate surface area is 94.4 Å². The fourth-order valence-corrected chi connectivity index (χ4v) is 2.16. The van der Waals surface area contributed by atoms with Gasteiger partial charge in [-0.3, -0.25) is 4.79 Å². The van der Waals surface area contributed by atoms with Gasteiger partial charge < -0.3 is 5.73 Å². The zero-order valence-electron chi connectivity index (χ0n) is 8.66. The van der Waals surface area contributed by atoms with Crippen LogP contribution in [-0.4, -0.2) is 5.91 Å². The van der Waals surface area contributed by atoms with Crippen LogP contribution in [0.25, 0.3) is 0 Å². The molecule has 1 amide bonds. The van der Waals surface area contributed by atoms with E-state index < -0.39 is 5.41 Å². The monoisotopic (exact) mass is 223 g/mol. The summed E-state index contributed by atoms with van der Waals surface area (Å²) in [5.74, 6) is 0.156. The molecule has 1 atom stereocenters. The van der Waals surface area contributed by atoms with Crippen molar-refractivity contribution in [2.75, 3.05) is 0 Å². The number of benzene rings is 1. The van der Waals surface area contributed by atoms with Gasteiger partial charge in [0.15, 0.2) is 0 Å². The summed E-state index contributed by atoms with van der Waals surface area (Å²) >= 11 is 5.82. The molecule has 0 aliphatic heterocycles. The highest BCUT2D eigenvalue weighted by atomic mass is 35.5. The van der Waals surface area contributed by atoms with Crippen LogP contribution >= 0.6 is 11.6 Å². The topological polar surface area (TPSA) is 43.1 Å². The summed E-state index contributed by atoms with van der Waals surface area (Å²) in [4.78, 5) is 11.6. The molecule has 1 saturated carbocycles. The molecule has 1 aromatic rings. The van der Waals surface area contributed by atoms with Crippen molar-refractivity contribution in [1.29, 1.82) is 0 Å². The summed E-state index contributed by atoms with van der Waals surface area (Å²) < 4.78 is 0. The number of carbonyl (C=O) groups is 1. The minimum absolute atomic E-state index is 0.243. The molecule has 0 heterocycles. The molecule has 1 aromatic carbocycles. The largest absolute Gasteiger partial charge is 0.369 e. The van der Waals surface area contributed by atoms with Crippen LogP contribution in [-0.2, 0) is 10.2 Å². The van der Waals surface area contributed by atoms with Crippen LogP contribution in [0.5, 0.6) is 0 Å². The van der Waals surface area contributed by atoms with Crippen molar-refractivity contribution < 1.29 is 4.79 Å². The zero-order chi connectivity index (χ0) is 11.1. The molecule has 0 radical (unpaired) electrons. The van der Waals surface area contributed by atoms with E-state index in [2.05, 4.69) is 0 Å². The number of rotatable bonds is 3. The molecule has 1 aliphatic rings. The third kappa shape index (κ3) is 1.74. The molecule has 2 N–H and O–H groups in total. The maximum atomic E-state index is 11.6. The fraction of sp³-hybridized carbons (Fsp3) is 0.417. The summed E-state index contributed by atoms with van der Waals surface area (Å²) in [5, 5.41) is 0.682. The summed E-state index contributed by atoms with van der Waals surface area (Å²) in [6.07, 6.45) is 2.17. The standard InChI is InChI=1S/C12H14ClNO/c1-12(11(14)15,8-2-3-8)9-4-6-10(13)7-5-9/h4-8H,2-3H2,1H3,(H2,14,15). The highest BCUT2D eigenvalue weighted by molar-refractivity contribution is 6.30. The van der Waals surface area contributed by atoms with Crippen molar-refractivity contribution in [3.63, 3.8) is 0 Å². The lowest BCUT2D eigenvalue weighted by Gasteiger charge is -2.26. The first-order valence-electron chi connectivity index (χ1n) is 5.11. The van der Waals surface area contributed by atoms with Crippen molar-refractivity contribution in [1.82, 2.24) is 0 Å². The molecule has 2 nitrogen and oxygen atoms in total. The Kier molecular flexibility index (Phi) is 2.47. The first-order valence-corrected chi connectivity index (χ1v) is 5.49. The summed E-state index contributed by atoms with van der Waals surface area (Å²) in [6.45, 7) is 1.93. The third-order valence-corrected chi connectivity index (χ3v) is 3.60. The predicted molar refractivity (Wildman–Crippen MR) is 60.7 cm³/mol. The fourth-order valence-electron chi connectivity index (χ4n) is 2.04. The highest BCUT2D eigenvalue weighted by Crippen LogP contribution is 2.47. The minimum atomic E-state index is -0.523. The van der Waals surface area contributed by atoms with Gasteiger partial charge in [-0.1, -0.05) is 23.7 Å². The molecule has 0 aromatic heterocycles. The molecule has 1 unspecified atom stereocenters. The van der Waals surface area contributed by atoms with E-state index in [0.717, 1.165) is 18.4 Å². The van der Waals surface area contributed by atoms with E-state index in [0.29, 0.717) is 10.9 Å². The van der Waals surface area contributed by atoms with Gasteiger partial charge in [-0.2, -0.15) is 0 Å². The lowest BCUT2D eigenvalue weighted by atomic mass is 9.77. The molecule has 15 heavy (non-hydrogen) atoms. The number of primary amides is 1. The SMILES string of the molecule is CC(C(N)=O)(c1ccc(Cl)cc1)C1CC1. The zero-order valence-corrected chi connectivity index (χ0v) is 9.42. The van der Waals surface area contributed by atoms with Gasteiger partial charge in [0, 0.05) is 5.02 Å². The van der Waals surface area contributed by atoms with E-state index >= 15 is 0 Å². The van der Waals surface area contributed by atoms with Crippen molar-refractivity contribution in [2.24, 2.45) is 11.7 Å². The van der Waals surface area contributed by atoms with Crippen LogP contribution < -0.4 is 5.73 Å². The van der Waals surface area contributed by atoms with Gasteiger partial charge in [-0.15, -0.1) is 0 Å². The second kappa shape index (κ2) is 3.53. The Bertz CT molecular complexity index is 383. The van der Waals surface area contributed by atoms with E-state index in [9.17, 15) is 4.79 Å². The third-order valence-electron chi connectivity index (χ3n) is 3.35. The van der Waals surface area contributed by atoms with Crippen molar-refractivity contribution in [3.05, 3.63) is 34.9 Å². The highest BCUT2D eigenvalue weighted by Gasteiger charge is 2.47. The summed E-state index contributed by atoms with van der Waals surface area (Å²) in [6, 6.07) is 7.40. The number of nitrogens with two attached hydrogens (primary N) is 1. The van der Waals surface area contributed by atoms with Gasteiger partial charge in [0.25, 0.3) is 0 Å². The Morgan fingerprint density at radius 3 is 2.33 bits per heavy atom. The predicted octanol–water partition coefficient (Wildman–Crippen LogP) is 2.49. The quantitative estimate of drug-likeness (QED) is 0.841. The van der Waals surface area contributed by atoms with Crippen LogP contribution in [0.4, 0.5) is 0 Å². The Morgan fingerprint density at radius 1 is 1.40 bits per heavy atom. The maximum absolute atomic E-state index is 11.6. The number of hydrogen-bond acceptors (Lipinski definition) is 1. The van der Waals surface area contributed by atoms with Crippen molar-refractivity contribution in [3.8, 4) is 0 Å². The molecular formula is C12H14ClNO. The van der Waals surface area contributed by atoms with Gasteiger partial charge in [-0.05, 0) is 43.4 Å². The molecule has 0 bridgehead atoms. The maximum Gasteiger partial charge on any atom is 0.228 e. The van der Waals surface area contributed by atoms with E-state index in [1.807, 2.05) is 19.1 Å². The molecule has 0 spiro atoms. The first-order chi connectivity index (χ1) is 7.05. The molecule has 3 heteroatoms. The Balaban J connectivity index is 2.40. The van der Waals surface area contributed by atoms with Gasteiger partial charge in [0.2, 0.25) is 5.91 Å². The van der Waals surface area contributed by atoms with E-state index in [1.165, 1.54) is 0 Å². The molecule has 1 aliphatic carbocycles. The molecule has 80 valence electrons. The average Bonchev–Trinajstić information content (AvgIpc) is 3.00. The Hall–Kier alpha value is -1.02. The van der Waals surface area contributed by atoms with E-state index in [4.69, 9.17) is 17.3 Å².